The van der Waals surface area contributed by atoms with Gasteiger partial charge in [-0.3, -0.25) is 4.57 Å². The summed E-state index contributed by atoms with van der Waals surface area (Å²) in [5, 5.41) is 18.6. The molecule has 5 nitrogen and oxygen atoms in total. The van der Waals surface area contributed by atoms with Crippen LogP contribution in [0.3, 0.4) is 0 Å². The topological polar surface area (TPSA) is 76.0 Å². The molecule has 1 rings (SSSR count). The zero-order valence-electron chi connectivity index (χ0n) is 13.2. The number of aliphatic hydroxyl groups excluding tert-OH is 2. The second kappa shape index (κ2) is 9.06. The highest BCUT2D eigenvalue weighted by molar-refractivity contribution is 7.65. The number of benzene rings is 1. The van der Waals surface area contributed by atoms with E-state index in [0.717, 1.165) is 5.56 Å². The summed E-state index contributed by atoms with van der Waals surface area (Å²) in [5.74, 6) is 0. The Morgan fingerprint density at radius 2 is 1.82 bits per heavy atom. The van der Waals surface area contributed by atoms with Crippen molar-refractivity contribution in [1.29, 1.82) is 0 Å². The Labute approximate surface area is 131 Å². The summed E-state index contributed by atoms with van der Waals surface area (Å²) in [4.78, 5) is 0. The first kappa shape index (κ1) is 18.9. The smallest absolute Gasteiger partial charge is 0.369 e. The minimum absolute atomic E-state index is 0.219. The summed E-state index contributed by atoms with van der Waals surface area (Å²) >= 11 is 0. The van der Waals surface area contributed by atoms with E-state index < -0.39 is 20.3 Å². The zero-order chi connectivity index (χ0) is 16.6. The maximum atomic E-state index is 13.0. The van der Waals surface area contributed by atoms with Crippen LogP contribution in [0, 0.1) is 6.92 Å². The van der Waals surface area contributed by atoms with Crippen LogP contribution in [0.4, 0.5) is 0 Å². The fourth-order valence-electron chi connectivity index (χ4n) is 1.77. The average Bonchev–Trinajstić information content (AvgIpc) is 2.49. The Morgan fingerprint density at radius 3 is 2.27 bits per heavy atom. The molecular weight excluding hydrogens is 303 g/mol. The van der Waals surface area contributed by atoms with E-state index in [4.69, 9.17) is 14.2 Å². The standard InChI is InChI=1S/C16H23O5P/c1-4-20-22(19,21-5-2)16(11-10-15(18)12-17)14-8-6-13(3)7-9-14/h6-10,15,17-18H,4-5,12H2,1-3H3/t11?,15-/m1/s1. The van der Waals surface area contributed by atoms with E-state index >= 15 is 0 Å². The molecule has 0 saturated heterocycles. The van der Waals surface area contributed by atoms with Crippen LogP contribution in [0.15, 0.2) is 36.1 Å². The Balaban J connectivity index is 3.41. The molecule has 0 amide bonds. The molecule has 0 heterocycles. The first-order valence-corrected chi connectivity index (χ1v) is 8.73. The lowest BCUT2D eigenvalue weighted by molar-refractivity contribution is 0.131. The molecule has 0 unspecified atom stereocenters. The Kier molecular flexibility index (Phi) is 7.77. The lowest BCUT2D eigenvalue weighted by atomic mass is 10.1. The molecule has 0 aromatic heterocycles. The van der Waals surface area contributed by atoms with Crippen molar-refractivity contribution in [3.8, 4) is 0 Å². The lowest BCUT2D eigenvalue weighted by Gasteiger charge is -2.19. The van der Waals surface area contributed by atoms with Gasteiger partial charge in [0.15, 0.2) is 0 Å². The summed E-state index contributed by atoms with van der Waals surface area (Å²) in [5.41, 5.74) is 4.48. The Hall–Kier alpha value is -1.19. The van der Waals surface area contributed by atoms with Crippen LogP contribution >= 0.6 is 7.60 Å². The molecule has 0 aliphatic rings. The van der Waals surface area contributed by atoms with Crippen LogP contribution in [-0.2, 0) is 13.6 Å². The van der Waals surface area contributed by atoms with Crippen molar-refractivity contribution < 1.29 is 23.8 Å². The summed E-state index contributed by atoms with van der Waals surface area (Å²) in [6, 6.07) is 7.34. The van der Waals surface area contributed by atoms with Crippen LogP contribution in [0.1, 0.15) is 25.0 Å². The molecule has 0 fully saturated rings. The largest absolute Gasteiger partial charge is 0.393 e. The van der Waals surface area contributed by atoms with Crippen molar-refractivity contribution in [2.24, 2.45) is 0 Å². The van der Waals surface area contributed by atoms with Crippen molar-refractivity contribution in [3.05, 3.63) is 47.2 Å². The molecule has 6 heteroatoms. The number of hydrogen-bond donors (Lipinski definition) is 2. The molecule has 0 radical (unpaired) electrons. The summed E-state index contributed by atoms with van der Waals surface area (Å²) in [6.45, 7) is 5.40. The van der Waals surface area contributed by atoms with Crippen molar-refractivity contribution in [2.75, 3.05) is 19.8 Å². The quantitative estimate of drug-likeness (QED) is 0.567. The van der Waals surface area contributed by atoms with Gasteiger partial charge in [0.1, 0.15) is 11.4 Å². The highest BCUT2D eigenvalue weighted by atomic mass is 31.2. The van der Waals surface area contributed by atoms with Gasteiger partial charge in [-0.25, -0.2) is 0 Å². The van der Waals surface area contributed by atoms with Crippen LogP contribution in [-0.4, -0.2) is 36.1 Å². The molecule has 1 atom stereocenters. The van der Waals surface area contributed by atoms with E-state index in [2.05, 4.69) is 5.73 Å². The molecule has 0 saturated carbocycles. The zero-order valence-corrected chi connectivity index (χ0v) is 14.0. The molecule has 0 aliphatic carbocycles. The van der Waals surface area contributed by atoms with Crippen LogP contribution < -0.4 is 0 Å². The van der Waals surface area contributed by atoms with Gasteiger partial charge in [0.05, 0.1) is 19.8 Å². The maximum absolute atomic E-state index is 13.0. The SMILES string of the molecule is CCOP(=O)(OCC)C(=C=C[C@@H](O)CO)c1ccc(C)cc1. The third-order valence-corrected chi connectivity index (χ3v) is 4.93. The van der Waals surface area contributed by atoms with Crippen molar-refractivity contribution in [2.45, 2.75) is 26.9 Å². The fraction of sp³-hybridized carbons (Fsp3) is 0.438. The van der Waals surface area contributed by atoms with Gasteiger partial charge in [0.25, 0.3) is 0 Å². The van der Waals surface area contributed by atoms with E-state index in [1.807, 2.05) is 19.1 Å². The van der Waals surface area contributed by atoms with Gasteiger partial charge in [-0.1, -0.05) is 29.8 Å². The molecule has 1 aromatic carbocycles. The van der Waals surface area contributed by atoms with E-state index in [0.29, 0.717) is 5.56 Å². The first-order valence-electron chi connectivity index (χ1n) is 7.19. The predicted octanol–water partition coefficient (Wildman–Crippen LogP) is 3.11. The summed E-state index contributed by atoms with van der Waals surface area (Å²) in [7, 11) is -3.55. The van der Waals surface area contributed by atoms with E-state index in [-0.39, 0.29) is 18.5 Å². The molecule has 22 heavy (non-hydrogen) atoms. The molecular formula is C16H23O5P. The van der Waals surface area contributed by atoms with Crippen LogP contribution in [0.2, 0.25) is 0 Å². The lowest BCUT2D eigenvalue weighted by Crippen LogP contribution is -2.06. The average molecular weight is 326 g/mol. The van der Waals surface area contributed by atoms with E-state index in [1.54, 1.807) is 26.0 Å². The van der Waals surface area contributed by atoms with Gasteiger partial charge in [-0.2, -0.15) is 0 Å². The highest BCUT2D eigenvalue weighted by Crippen LogP contribution is 2.59. The number of hydrogen-bond acceptors (Lipinski definition) is 5. The summed E-state index contributed by atoms with van der Waals surface area (Å²) < 4.78 is 23.7. The van der Waals surface area contributed by atoms with Crippen molar-refractivity contribution >= 4 is 12.9 Å². The Morgan fingerprint density at radius 1 is 1.27 bits per heavy atom. The van der Waals surface area contributed by atoms with Gasteiger partial charge in [-0.15, -0.1) is 5.73 Å². The van der Waals surface area contributed by atoms with E-state index in [1.165, 1.54) is 6.08 Å². The highest BCUT2D eigenvalue weighted by Gasteiger charge is 2.30. The van der Waals surface area contributed by atoms with Gasteiger partial charge < -0.3 is 19.3 Å². The summed E-state index contributed by atoms with van der Waals surface area (Å²) in [6.07, 6.45) is 0.164. The minimum Gasteiger partial charge on any atom is -0.393 e. The number of aliphatic hydroxyl groups is 2. The minimum atomic E-state index is -3.55. The van der Waals surface area contributed by atoms with Crippen LogP contribution in [0.5, 0.6) is 0 Å². The molecule has 0 spiro atoms. The van der Waals surface area contributed by atoms with Crippen molar-refractivity contribution in [1.82, 2.24) is 0 Å². The van der Waals surface area contributed by atoms with Gasteiger partial charge in [0, 0.05) is 0 Å². The fourth-order valence-corrected chi connectivity index (χ4v) is 3.48. The monoisotopic (exact) mass is 326 g/mol. The van der Waals surface area contributed by atoms with Crippen molar-refractivity contribution in [3.63, 3.8) is 0 Å². The van der Waals surface area contributed by atoms with Crippen LogP contribution in [0.25, 0.3) is 5.31 Å². The molecule has 0 aliphatic heterocycles. The Bertz CT molecular complexity index is 563. The first-order chi connectivity index (χ1) is 10.5. The predicted molar refractivity (Wildman–Crippen MR) is 86.6 cm³/mol. The second-order valence-electron chi connectivity index (χ2n) is 4.61. The molecule has 0 bridgehead atoms. The number of rotatable bonds is 8. The molecule has 1 aromatic rings. The second-order valence-corrected chi connectivity index (χ2v) is 6.57. The van der Waals surface area contributed by atoms with E-state index in [9.17, 15) is 9.67 Å². The van der Waals surface area contributed by atoms with Gasteiger partial charge in [0.2, 0.25) is 0 Å². The van der Waals surface area contributed by atoms with Gasteiger partial charge >= 0.3 is 7.60 Å². The third kappa shape index (κ3) is 5.22. The molecule has 2 N–H and O–H groups in total. The third-order valence-electron chi connectivity index (χ3n) is 2.80. The normalized spacial score (nSPS) is 12.6. The maximum Gasteiger partial charge on any atom is 0.369 e. The van der Waals surface area contributed by atoms with Gasteiger partial charge in [-0.05, 0) is 32.4 Å². The molecule has 122 valence electrons. The number of aryl methyl sites for hydroxylation is 1.